The number of carbonyl (C=O) groups is 1. The normalized spacial score (nSPS) is 29.0. The Bertz CT molecular complexity index is 162. The first-order valence-corrected chi connectivity index (χ1v) is 3.26. The molecule has 1 heterocycles. The van der Waals surface area contributed by atoms with Crippen LogP contribution < -0.4 is 5.32 Å². The number of likely N-dealkylation sites (N-methyl/N-ethyl adjacent to an activating group) is 1. The molecule has 0 atom stereocenters. The monoisotopic (exact) mass is 126 g/mol. The summed E-state index contributed by atoms with van der Waals surface area (Å²) in [5, 5.41) is 2.81. The highest BCUT2D eigenvalue weighted by Crippen LogP contribution is 2.42. The zero-order chi connectivity index (χ0) is 6.48. The zero-order valence-corrected chi connectivity index (χ0v) is 5.48. The van der Waals surface area contributed by atoms with Crippen LogP contribution >= 0.6 is 0 Å². The molecule has 0 radical (unpaired) electrons. The Hall–Kier alpha value is -0.730. The minimum atomic E-state index is 0.0903. The van der Waals surface area contributed by atoms with Gasteiger partial charge in [-0.15, -0.1) is 0 Å². The van der Waals surface area contributed by atoms with Gasteiger partial charge < -0.3 is 10.2 Å². The third-order valence-corrected chi connectivity index (χ3v) is 2.41. The fourth-order valence-corrected chi connectivity index (χ4v) is 1.35. The number of urea groups is 1. The lowest BCUT2D eigenvalue weighted by atomic mass is 10.3. The van der Waals surface area contributed by atoms with Crippen LogP contribution in [0.15, 0.2) is 0 Å². The van der Waals surface area contributed by atoms with Gasteiger partial charge >= 0.3 is 6.03 Å². The van der Waals surface area contributed by atoms with Crippen LogP contribution in [0.4, 0.5) is 4.79 Å². The van der Waals surface area contributed by atoms with E-state index in [0.717, 1.165) is 6.54 Å². The number of nitrogens with one attached hydrogen (secondary N) is 1. The molecule has 2 rings (SSSR count). The Balaban J connectivity index is 2.22. The van der Waals surface area contributed by atoms with E-state index in [1.165, 1.54) is 12.8 Å². The number of hydrogen-bond acceptors (Lipinski definition) is 1. The highest BCUT2D eigenvalue weighted by atomic mass is 16.2. The molecule has 0 unspecified atom stereocenters. The summed E-state index contributed by atoms with van der Waals surface area (Å²) in [6.07, 6.45) is 2.37. The van der Waals surface area contributed by atoms with Crippen molar-refractivity contribution in [3.8, 4) is 0 Å². The van der Waals surface area contributed by atoms with E-state index in [4.69, 9.17) is 0 Å². The van der Waals surface area contributed by atoms with Gasteiger partial charge in [0.05, 0.1) is 5.54 Å². The second-order valence-electron chi connectivity index (χ2n) is 2.94. The summed E-state index contributed by atoms with van der Waals surface area (Å²) in [6, 6.07) is 0.0903. The van der Waals surface area contributed by atoms with Crippen LogP contribution in [0.5, 0.6) is 0 Å². The molecule has 50 valence electrons. The Morgan fingerprint density at radius 2 is 2.33 bits per heavy atom. The third-order valence-electron chi connectivity index (χ3n) is 2.41. The standard InChI is InChI=1S/C6H10N2O/c1-8-5(9)7-4-6(8)2-3-6/h2-4H2,1H3,(H,7,9). The molecule has 0 bridgehead atoms. The molecule has 0 aromatic carbocycles. The largest absolute Gasteiger partial charge is 0.336 e. The molecule has 0 aromatic heterocycles. The molecule has 2 aliphatic rings. The molecule has 1 N–H and O–H groups in total. The Morgan fingerprint density at radius 3 is 2.56 bits per heavy atom. The lowest BCUT2D eigenvalue weighted by molar-refractivity contribution is 0.213. The fraction of sp³-hybridized carbons (Fsp3) is 0.833. The van der Waals surface area contributed by atoms with E-state index >= 15 is 0 Å². The summed E-state index contributed by atoms with van der Waals surface area (Å²) in [7, 11) is 1.87. The fourth-order valence-electron chi connectivity index (χ4n) is 1.35. The van der Waals surface area contributed by atoms with E-state index in [1.54, 1.807) is 0 Å². The van der Waals surface area contributed by atoms with Gasteiger partial charge in [0.1, 0.15) is 0 Å². The summed E-state index contributed by atoms with van der Waals surface area (Å²) in [6.45, 7) is 0.863. The lowest BCUT2D eigenvalue weighted by Crippen LogP contribution is -2.31. The van der Waals surface area contributed by atoms with Gasteiger partial charge in [-0.1, -0.05) is 0 Å². The minimum Gasteiger partial charge on any atom is -0.336 e. The van der Waals surface area contributed by atoms with E-state index in [-0.39, 0.29) is 11.6 Å². The van der Waals surface area contributed by atoms with Crippen molar-refractivity contribution in [1.29, 1.82) is 0 Å². The number of nitrogens with zero attached hydrogens (tertiary/aromatic N) is 1. The summed E-state index contributed by atoms with van der Waals surface area (Å²) in [5.41, 5.74) is 0.247. The van der Waals surface area contributed by atoms with Crippen LogP contribution in [0.2, 0.25) is 0 Å². The molecule has 9 heavy (non-hydrogen) atoms. The predicted octanol–water partition coefficient (Wildman–Crippen LogP) is 0.174. The maximum Gasteiger partial charge on any atom is 0.317 e. The van der Waals surface area contributed by atoms with Crippen LogP contribution in [0.25, 0.3) is 0 Å². The second kappa shape index (κ2) is 1.23. The van der Waals surface area contributed by atoms with E-state index in [0.29, 0.717) is 0 Å². The zero-order valence-electron chi connectivity index (χ0n) is 5.48. The first-order valence-electron chi connectivity index (χ1n) is 3.26. The molecule has 1 aliphatic carbocycles. The smallest absolute Gasteiger partial charge is 0.317 e. The van der Waals surface area contributed by atoms with Gasteiger partial charge in [-0.3, -0.25) is 0 Å². The van der Waals surface area contributed by atoms with Crippen LogP contribution in [-0.4, -0.2) is 30.1 Å². The summed E-state index contributed by atoms with van der Waals surface area (Å²) in [5.74, 6) is 0. The second-order valence-corrected chi connectivity index (χ2v) is 2.94. The van der Waals surface area contributed by atoms with Crippen molar-refractivity contribution in [2.75, 3.05) is 13.6 Å². The van der Waals surface area contributed by atoms with Crippen molar-refractivity contribution in [2.45, 2.75) is 18.4 Å². The van der Waals surface area contributed by atoms with Crippen molar-refractivity contribution in [2.24, 2.45) is 0 Å². The Morgan fingerprint density at radius 1 is 1.67 bits per heavy atom. The molecular formula is C6H10N2O. The molecule has 1 saturated heterocycles. The number of hydrogen-bond donors (Lipinski definition) is 1. The molecule has 1 spiro atoms. The van der Waals surface area contributed by atoms with Crippen molar-refractivity contribution >= 4 is 6.03 Å². The molecule has 0 aromatic rings. The summed E-state index contributed by atoms with van der Waals surface area (Å²) >= 11 is 0. The van der Waals surface area contributed by atoms with E-state index < -0.39 is 0 Å². The lowest BCUT2D eigenvalue weighted by Gasteiger charge is -2.14. The topological polar surface area (TPSA) is 32.3 Å². The van der Waals surface area contributed by atoms with Crippen LogP contribution in [0.1, 0.15) is 12.8 Å². The van der Waals surface area contributed by atoms with Gasteiger partial charge in [0, 0.05) is 13.6 Å². The van der Waals surface area contributed by atoms with Gasteiger partial charge in [0.25, 0.3) is 0 Å². The quantitative estimate of drug-likeness (QED) is 0.493. The van der Waals surface area contributed by atoms with Crippen LogP contribution in [0.3, 0.4) is 0 Å². The molecule has 2 fully saturated rings. The highest BCUT2D eigenvalue weighted by molar-refractivity contribution is 5.78. The van der Waals surface area contributed by atoms with Crippen molar-refractivity contribution in [3.63, 3.8) is 0 Å². The predicted molar refractivity (Wildman–Crippen MR) is 33.1 cm³/mol. The molecule has 2 amide bonds. The van der Waals surface area contributed by atoms with Crippen LogP contribution in [-0.2, 0) is 0 Å². The third kappa shape index (κ3) is 0.491. The maximum absolute atomic E-state index is 10.8. The number of carbonyl (C=O) groups excluding carboxylic acids is 1. The van der Waals surface area contributed by atoms with Crippen molar-refractivity contribution < 1.29 is 4.79 Å². The molecule has 3 nitrogen and oxygen atoms in total. The SMILES string of the molecule is CN1C(=O)NCC12CC2. The first kappa shape index (κ1) is 5.09. The molecule has 1 aliphatic heterocycles. The number of amides is 2. The molecule has 3 heteroatoms. The van der Waals surface area contributed by atoms with Gasteiger partial charge in [-0.05, 0) is 12.8 Å². The average Bonchev–Trinajstić information content (AvgIpc) is 2.57. The molecule has 1 saturated carbocycles. The van der Waals surface area contributed by atoms with Gasteiger partial charge in [-0.25, -0.2) is 4.79 Å². The van der Waals surface area contributed by atoms with Crippen molar-refractivity contribution in [3.05, 3.63) is 0 Å². The van der Waals surface area contributed by atoms with Crippen LogP contribution in [0, 0.1) is 0 Å². The minimum absolute atomic E-state index is 0.0903. The molecular weight excluding hydrogens is 116 g/mol. The van der Waals surface area contributed by atoms with Gasteiger partial charge in [0.2, 0.25) is 0 Å². The summed E-state index contributed by atoms with van der Waals surface area (Å²) in [4.78, 5) is 12.7. The van der Waals surface area contributed by atoms with Gasteiger partial charge in [-0.2, -0.15) is 0 Å². The van der Waals surface area contributed by atoms with E-state index in [2.05, 4.69) is 5.32 Å². The highest BCUT2D eigenvalue weighted by Gasteiger charge is 2.52. The Kier molecular flexibility index (Phi) is 0.693. The summed E-state index contributed by atoms with van der Waals surface area (Å²) < 4.78 is 0. The Labute approximate surface area is 54.0 Å². The van der Waals surface area contributed by atoms with E-state index in [1.807, 2.05) is 11.9 Å². The number of rotatable bonds is 0. The first-order chi connectivity index (χ1) is 4.25. The van der Waals surface area contributed by atoms with Crippen molar-refractivity contribution in [1.82, 2.24) is 10.2 Å². The van der Waals surface area contributed by atoms with E-state index in [9.17, 15) is 4.79 Å². The maximum atomic E-state index is 10.8. The average molecular weight is 126 g/mol. The van der Waals surface area contributed by atoms with Gasteiger partial charge in [0.15, 0.2) is 0 Å².